The van der Waals surface area contributed by atoms with Gasteiger partial charge in [-0.25, -0.2) is 4.98 Å². The summed E-state index contributed by atoms with van der Waals surface area (Å²) in [6, 6.07) is 0.0504. The van der Waals surface area contributed by atoms with Crippen LogP contribution in [0.25, 0.3) is 0 Å². The number of nitrogens with one attached hydrogen (secondary N) is 1. The second-order valence-electron chi connectivity index (χ2n) is 4.57. The summed E-state index contributed by atoms with van der Waals surface area (Å²) in [5.74, 6) is 0. The first kappa shape index (κ1) is 14.4. The SMILES string of the molecule is CC[C@H](Nc1ncc([N+](=O)[O-])s1)c1c(C)nn(C)c1C. The highest BCUT2D eigenvalue weighted by atomic mass is 32.1. The molecule has 0 radical (unpaired) electrons. The van der Waals surface area contributed by atoms with Crippen LogP contribution < -0.4 is 5.32 Å². The lowest BCUT2D eigenvalue weighted by Gasteiger charge is -2.16. The Kier molecular flexibility index (Phi) is 4.03. The molecule has 0 bridgehead atoms. The Labute approximate surface area is 120 Å². The number of thiazole rings is 1. The average molecular weight is 295 g/mol. The van der Waals surface area contributed by atoms with Crippen molar-refractivity contribution in [1.82, 2.24) is 14.8 Å². The molecule has 0 amide bonds. The molecule has 0 aliphatic rings. The standard InChI is InChI=1S/C12H17N5O2S/c1-5-9(11-7(2)15-16(4)8(11)3)14-12-13-6-10(20-12)17(18)19/h6,9H,5H2,1-4H3,(H,13,14)/t9-/m0/s1. The minimum Gasteiger partial charge on any atom is -0.354 e. The van der Waals surface area contributed by atoms with E-state index in [4.69, 9.17) is 0 Å². The van der Waals surface area contributed by atoms with Crippen LogP contribution in [0.2, 0.25) is 0 Å². The van der Waals surface area contributed by atoms with E-state index in [1.807, 2.05) is 25.6 Å². The minimum absolute atomic E-state index is 0.0435. The zero-order valence-electron chi connectivity index (χ0n) is 11.9. The van der Waals surface area contributed by atoms with Gasteiger partial charge in [-0.05, 0) is 31.6 Å². The number of rotatable bonds is 5. The molecule has 0 saturated carbocycles. The number of aromatic nitrogens is 3. The molecule has 1 atom stereocenters. The molecule has 108 valence electrons. The molecule has 0 unspecified atom stereocenters. The van der Waals surface area contributed by atoms with Crippen molar-refractivity contribution < 1.29 is 4.92 Å². The smallest absolute Gasteiger partial charge is 0.345 e. The first-order valence-electron chi connectivity index (χ1n) is 6.30. The molecule has 1 N–H and O–H groups in total. The van der Waals surface area contributed by atoms with E-state index in [1.54, 1.807) is 0 Å². The fraction of sp³-hybridized carbons (Fsp3) is 0.500. The van der Waals surface area contributed by atoms with Crippen molar-refractivity contribution in [2.45, 2.75) is 33.2 Å². The Balaban J connectivity index is 2.26. The summed E-state index contributed by atoms with van der Waals surface area (Å²) in [6.45, 7) is 6.05. The normalized spacial score (nSPS) is 12.4. The third-order valence-electron chi connectivity index (χ3n) is 3.29. The maximum Gasteiger partial charge on any atom is 0.345 e. The summed E-state index contributed by atoms with van der Waals surface area (Å²) in [5, 5.41) is 19.0. The van der Waals surface area contributed by atoms with Crippen LogP contribution >= 0.6 is 11.3 Å². The van der Waals surface area contributed by atoms with E-state index in [-0.39, 0.29) is 11.0 Å². The molecule has 0 fully saturated rings. The van der Waals surface area contributed by atoms with Crippen molar-refractivity contribution in [3.05, 3.63) is 33.3 Å². The summed E-state index contributed by atoms with van der Waals surface area (Å²) >= 11 is 1.05. The second-order valence-corrected chi connectivity index (χ2v) is 5.58. The van der Waals surface area contributed by atoms with E-state index in [2.05, 4.69) is 22.3 Å². The van der Waals surface area contributed by atoms with E-state index in [9.17, 15) is 10.1 Å². The van der Waals surface area contributed by atoms with Crippen molar-refractivity contribution in [2.24, 2.45) is 7.05 Å². The lowest BCUT2D eigenvalue weighted by molar-refractivity contribution is -0.380. The van der Waals surface area contributed by atoms with Gasteiger partial charge in [0, 0.05) is 18.3 Å². The molecule has 0 saturated heterocycles. The molecule has 2 aromatic rings. The highest BCUT2D eigenvalue weighted by Crippen LogP contribution is 2.31. The quantitative estimate of drug-likeness (QED) is 0.677. The van der Waals surface area contributed by atoms with E-state index < -0.39 is 4.92 Å². The average Bonchev–Trinajstić information content (AvgIpc) is 2.94. The van der Waals surface area contributed by atoms with Crippen LogP contribution in [0.15, 0.2) is 6.20 Å². The largest absolute Gasteiger partial charge is 0.354 e. The van der Waals surface area contributed by atoms with Crippen LogP contribution in [0.1, 0.15) is 36.3 Å². The van der Waals surface area contributed by atoms with Crippen molar-refractivity contribution in [2.75, 3.05) is 5.32 Å². The van der Waals surface area contributed by atoms with Gasteiger partial charge in [-0.2, -0.15) is 5.10 Å². The van der Waals surface area contributed by atoms with Gasteiger partial charge < -0.3 is 5.32 Å². The van der Waals surface area contributed by atoms with Gasteiger partial charge in [-0.3, -0.25) is 14.8 Å². The lowest BCUT2D eigenvalue weighted by atomic mass is 10.0. The van der Waals surface area contributed by atoms with Crippen molar-refractivity contribution in [1.29, 1.82) is 0 Å². The molecule has 2 rings (SSSR count). The second kappa shape index (κ2) is 5.58. The van der Waals surface area contributed by atoms with Gasteiger partial charge in [-0.15, -0.1) is 0 Å². The van der Waals surface area contributed by atoms with E-state index in [0.29, 0.717) is 5.13 Å². The molecule has 0 spiro atoms. The van der Waals surface area contributed by atoms with Gasteiger partial charge in [0.25, 0.3) is 0 Å². The molecule has 0 aliphatic heterocycles. The van der Waals surface area contributed by atoms with Crippen LogP contribution in [0.5, 0.6) is 0 Å². The molecule has 0 aromatic carbocycles. The predicted octanol–water partition coefficient (Wildman–Crippen LogP) is 2.96. The zero-order chi connectivity index (χ0) is 14.9. The predicted molar refractivity (Wildman–Crippen MR) is 78.1 cm³/mol. The first-order valence-corrected chi connectivity index (χ1v) is 7.12. The number of hydrogen-bond acceptors (Lipinski definition) is 6. The minimum atomic E-state index is -0.426. The maximum atomic E-state index is 10.7. The number of anilines is 1. The Morgan fingerprint density at radius 3 is 2.70 bits per heavy atom. The topological polar surface area (TPSA) is 85.9 Å². The Hall–Kier alpha value is -1.96. The number of aryl methyl sites for hydroxylation is 2. The number of nitro groups is 1. The van der Waals surface area contributed by atoms with Crippen LogP contribution in [-0.2, 0) is 7.05 Å². The summed E-state index contributed by atoms with van der Waals surface area (Å²) in [6.07, 6.45) is 2.13. The van der Waals surface area contributed by atoms with Gasteiger partial charge >= 0.3 is 5.00 Å². The van der Waals surface area contributed by atoms with Crippen molar-refractivity contribution in [3.63, 3.8) is 0 Å². The van der Waals surface area contributed by atoms with E-state index >= 15 is 0 Å². The van der Waals surface area contributed by atoms with Crippen LogP contribution in [0, 0.1) is 24.0 Å². The molecule has 2 aromatic heterocycles. The van der Waals surface area contributed by atoms with Crippen molar-refractivity contribution >= 4 is 21.5 Å². The molecular weight excluding hydrogens is 278 g/mol. The van der Waals surface area contributed by atoms with Gasteiger partial charge in [0.1, 0.15) is 6.20 Å². The summed E-state index contributed by atoms with van der Waals surface area (Å²) in [5.41, 5.74) is 3.19. The van der Waals surface area contributed by atoms with Crippen LogP contribution in [-0.4, -0.2) is 19.7 Å². The van der Waals surface area contributed by atoms with Gasteiger partial charge in [0.2, 0.25) is 0 Å². The van der Waals surface area contributed by atoms with Gasteiger partial charge in [0.15, 0.2) is 5.13 Å². The summed E-state index contributed by atoms with van der Waals surface area (Å²) in [4.78, 5) is 14.3. The molecule has 20 heavy (non-hydrogen) atoms. The highest BCUT2D eigenvalue weighted by Gasteiger charge is 2.21. The maximum absolute atomic E-state index is 10.7. The van der Waals surface area contributed by atoms with E-state index in [1.165, 1.54) is 6.20 Å². The molecule has 2 heterocycles. The monoisotopic (exact) mass is 295 g/mol. The number of nitrogens with zero attached hydrogens (tertiary/aromatic N) is 4. The van der Waals surface area contributed by atoms with Crippen LogP contribution in [0.3, 0.4) is 0 Å². The van der Waals surface area contributed by atoms with Gasteiger partial charge in [0.05, 0.1) is 16.7 Å². The van der Waals surface area contributed by atoms with Gasteiger partial charge in [-0.1, -0.05) is 6.92 Å². The molecule has 0 aliphatic carbocycles. The summed E-state index contributed by atoms with van der Waals surface area (Å²) < 4.78 is 1.85. The Morgan fingerprint density at radius 1 is 1.55 bits per heavy atom. The summed E-state index contributed by atoms with van der Waals surface area (Å²) in [7, 11) is 1.91. The molecular formula is C12H17N5O2S. The Morgan fingerprint density at radius 2 is 2.25 bits per heavy atom. The third kappa shape index (κ3) is 2.64. The van der Waals surface area contributed by atoms with Crippen molar-refractivity contribution in [3.8, 4) is 0 Å². The number of hydrogen-bond donors (Lipinski definition) is 1. The third-order valence-corrected chi connectivity index (χ3v) is 4.17. The van der Waals surface area contributed by atoms with E-state index in [0.717, 1.165) is 34.7 Å². The lowest BCUT2D eigenvalue weighted by Crippen LogP contribution is -2.11. The highest BCUT2D eigenvalue weighted by molar-refractivity contribution is 7.18. The Bertz CT molecular complexity index is 634. The van der Waals surface area contributed by atoms with Crippen LogP contribution in [0.4, 0.5) is 10.1 Å². The zero-order valence-corrected chi connectivity index (χ0v) is 12.7. The fourth-order valence-corrected chi connectivity index (χ4v) is 2.92. The fourth-order valence-electron chi connectivity index (χ4n) is 2.24. The first-order chi connectivity index (χ1) is 9.43. The molecule has 8 heteroatoms. The molecule has 7 nitrogen and oxygen atoms in total.